The number of ether oxygens (including phenoxy) is 1. The number of carbonyl (C=O) groups excluding carboxylic acids is 1. The number of halogens is 1. The first-order valence-electron chi connectivity index (χ1n) is 6.72. The zero-order valence-electron chi connectivity index (χ0n) is 12.3. The third-order valence-corrected chi connectivity index (χ3v) is 3.78. The summed E-state index contributed by atoms with van der Waals surface area (Å²) < 4.78 is 6.25. The molecule has 0 spiro atoms. The fourth-order valence-electron chi connectivity index (χ4n) is 2.18. The van der Waals surface area contributed by atoms with E-state index in [0.29, 0.717) is 5.56 Å². The summed E-state index contributed by atoms with van der Waals surface area (Å²) in [6, 6.07) is 13.1. The van der Waals surface area contributed by atoms with Crippen molar-refractivity contribution in [3.8, 4) is 5.75 Å². The lowest BCUT2D eigenvalue weighted by Crippen LogP contribution is -2.27. The number of rotatable bonds is 4. The van der Waals surface area contributed by atoms with E-state index in [9.17, 15) is 4.79 Å². The number of nitrogens with one attached hydrogen (secondary N) is 1. The molecule has 21 heavy (non-hydrogen) atoms. The molecule has 3 nitrogen and oxygen atoms in total. The van der Waals surface area contributed by atoms with Crippen LogP contribution < -0.4 is 10.1 Å². The first-order valence-corrected chi connectivity index (χ1v) is 7.51. The zero-order valence-corrected chi connectivity index (χ0v) is 13.9. The van der Waals surface area contributed by atoms with E-state index in [1.165, 1.54) is 0 Å². The summed E-state index contributed by atoms with van der Waals surface area (Å²) in [5.41, 5.74) is 2.73. The Morgan fingerprint density at radius 1 is 1.24 bits per heavy atom. The van der Waals surface area contributed by atoms with Gasteiger partial charge in [0.2, 0.25) is 0 Å². The highest BCUT2D eigenvalue weighted by atomic mass is 79.9. The van der Waals surface area contributed by atoms with E-state index in [2.05, 4.69) is 21.2 Å². The van der Waals surface area contributed by atoms with Crippen molar-refractivity contribution in [1.82, 2.24) is 5.32 Å². The second-order valence-corrected chi connectivity index (χ2v) is 5.87. The standard InChI is InChI=1S/C17H18BrNO2/c1-11-7-8-16(21-3)15(9-11)12(2)19-17(20)13-5-4-6-14(18)10-13/h4-10,12H,1-3H3,(H,19,20). The second-order valence-electron chi connectivity index (χ2n) is 4.95. The van der Waals surface area contributed by atoms with E-state index in [-0.39, 0.29) is 11.9 Å². The first kappa shape index (κ1) is 15.6. The predicted octanol–water partition coefficient (Wildman–Crippen LogP) is 4.26. The maximum Gasteiger partial charge on any atom is 0.251 e. The molecule has 0 aliphatic rings. The van der Waals surface area contributed by atoms with E-state index in [0.717, 1.165) is 21.3 Å². The highest BCUT2D eigenvalue weighted by Crippen LogP contribution is 2.26. The van der Waals surface area contributed by atoms with Crippen LogP contribution >= 0.6 is 15.9 Å². The minimum atomic E-state index is -0.133. The van der Waals surface area contributed by atoms with E-state index in [4.69, 9.17) is 4.74 Å². The number of amides is 1. The number of hydrogen-bond donors (Lipinski definition) is 1. The SMILES string of the molecule is COc1ccc(C)cc1C(C)NC(=O)c1cccc(Br)c1. The van der Waals surface area contributed by atoms with Crippen molar-refractivity contribution < 1.29 is 9.53 Å². The summed E-state index contributed by atoms with van der Waals surface area (Å²) >= 11 is 3.37. The fourth-order valence-corrected chi connectivity index (χ4v) is 2.58. The Morgan fingerprint density at radius 3 is 2.67 bits per heavy atom. The molecule has 1 atom stereocenters. The van der Waals surface area contributed by atoms with E-state index in [1.807, 2.05) is 44.2 Å². The zero-order chi connectivity index (χ0) is 15.4. The summed E-state index contributed by atoms with van der Waals surface area (Å²) in [7, 11) is 1.64. The van der Waals surface area contributed by atoms with Crippen LogP contribution in [0.25, 0.3) is 0 Å². The molecule has 110 valence electrons. The van der Waals surface area contributed by atoms with E-state index in [1.54, 1.807) is 19.2 Å². The normalized spacial score (nSPS) is 11.8. The van der Waals surface area contributed by atoms with Gasteiger partial charge >= 0.3 is 0 Å². The van der Waals surface area contributed by atoms with Crippen LogP contribution in [0.2, 0.25) is 0 Å². The summed E-state index contributed by atoms with van der Waals surface area (Å²) in [6.45, 7) is 3.97. The van der Waals surface area contributed by atoms with Crippen LogP contribution in [0.1, 0.15) is 34.5 Å². The van der Waals surface area contributed by atoms with Gasteiger partial charge in [0.1, 0.15) is 5.75 Å². The van der Waals surface area contributed by atoms with Gasteiger partial charge in [0.15, 0.2) is 0 Å². The van der Waals surface area contributed by atoms with Gasteiger partial charge in [0.25, 0.3) is 5.91 Å². The molecule has 0 saturated carbocycles. The molecule has 0 aliphatic heterocycles. The smallest absolute Gasteiger partial charge is 0.251 e. The monoisotopic (exact) mass is 347 g/mol. The molecular formula is C17H18BrNO2. The van der Waals surface area contributed by atoms with Crippen LogP contribution in [-0.4, -0.2) is 13.0 Å². The van der Waals surface area contributed by atoms with Crippen LogP contribution in [0.5, 0.6) is 5.75 Å². The van der Waals surface area contributed by atoms with Crippen LogP contribution in [0, 0.1) is 6.92 Å². The Hall–Kier alpha value is -1.81. The molecule has 0 aliphatic carbocycles. The third-order valence-electron chi connectivity index (χ3n) is 3.29. The van der Waals surface area contributed by atoms with E-state index >= 15 is 0 Å². The highest BCUT2D eigenvalue weighted by Gasteiger charge is 2.15. The molecule has 0 fully saturated rings. The molecule has 1 amide bonds. The molecule has 2 aromatic carbocycles. The third kappa shape index (κ3) is 3.85. The fraction of sp³-hybridized carbons (Fsp3) is 0.235. The van der Waals surface area contributed by atoms with Crippen molar-refractivity contribution in [3.05, 3.63) is 63.6 Å². The molecule has 0 aromatic heterocycles. The molecule has 2 rings (SSSR count). The van der Waals surface area contributed by atoms with Gasteiger partial charge in [-0.05, 0) is 38.1 Å². The molecule has 0 radical (unpaired) electrons. The molecule has 2 aromatic rings. The van der Waals surface area contributed by atoms with Crippen molar-refractivity contribution in [3.63, 3.8) is 0 Å². The van der Waals surface area contributed by atoms with Crippen molar-refractivity contribution in [2.24, 2.45) is 0 Å². The largest absolute Gasteiger partial charge is 0.496 e. The Labute approximate surface area is 133 Å². The van der Waals surface area contributed by atoms with Crippen molar-refractivity contribution in [1.29, 1.82) is 0 Å². The number of aryl methyl sites for hydroxylation is 1. The molecule has 1 unspecified atom stereocenters. The summed E-state index contributed by atoms with van der Waals surface area (Å²) in [5, 5.41) is 3.00. The van der Waals surface area contributed by atoms with Gasteiger partial charge in [-0.3, -0.25) is 4.79 Å². The summed E-state index contributed by atoms with van der Waals surface area (Å²) in [4.78, 5) is 12.3. The predicted molar refractivity (Wildman–Crippen MR) is 87.8 cm³/mol. The Bertz CT molecular complexity index is 655. The lowest BCUT2D eigenvalue weighted by molar-refractivity contribution is 0.0939. The molecule has 0 bridgehead atoms. The van der Waals surface area contributed by atoms with Crippen LogP contribution in [0.4, 0.5) is 0 Å². The maximum absolute atomic E-state index is 12.3. The van der Waals surface area contributed by atoms with Crippen LogP contribution in [0.3, 0.4) is 0 Å². The van der Waals surface area contributed by atoms with Gasteiger partial charge in [-0.2, -0.15) is 0 Å². The van der Waals surface area contributed by atoms with Gasteiger partial charge in [0, 0.05) is 15.6 Å². The molecule has 4 heteroatoms. The van der Waals surface area contributed by atoms with E-state index < -0.39 is 0 Å². The van der Waals surface area contributed by atoms with Crippen molar-refractivity contribution in [2.75, 3.05) is 7.11 Å². The molecular weight excluding hydrogens is 330 g/mol. The topological polar surface area (TPSA) is 38.3 Å². The molecule has 0 heterocycles. The number of hydrogen-bond acceptors (Lipinski definition) is 2. The minimum Gasteiger partial charge on any atom is -0.496 e. The van der Waals surface area contributed by atoms with Gasteiger partial charge < -0.3 is 10.1 Å². The lowest BCUT2D eigenvalue weighted by atomic mass is 10.0. The van der Waals surface area contributed by atoms with Crippen molar-refractivity contribution >= 4 is 21.8 Å². The van der Waals surface area contributed by atoms with Gasteiger partial charge in [0.05, 0.1) is 13.2 Å². The number of carbonyl (C=O) groups is 1. The van der Waals surface area contributed by atoms with Crippen molar-refractivity contribution in [2.45, 2.75) is 19.9 Å². The highest BCUT2D eigenvalue weighted by molar-refractivity contribution is 9.10. The Morgan fingerprint density at radius 2 is 2.00 bits per heavy atom. The summed E-state index contributed by atoms with van der Waals surface area (Å²) in [6.07, 6.45) is 0. The Balaban J connectivity index is 2.20. The minimum absolute atomic E-state index is 0.104. The lowest BCUT2D eigenvalue weighted by Gasteiger charge is -2.18. The summed E-state index contributed by atoms with van der Waals surface area (Å²) in [5.74, 6) is 0.676. The van der Waals surface area contributed by atoms with Gasteiger partial charge in [-0.15, -0.1) is 0 Å². The average molecular weight is 348 g/mol. The maximum atomic E-state index is 12.3. The van der Waals surface area contributed by atoms with Gasteiger partial charge in [-0.25, -0.2) is 0 Å². The van der Waals surface area contributed by atoms with Crippen LogP contribution in [0.15, 0.2) is 46.9 Å². The quantitative estimate of drug-likeness (QED) is 0.897. The number of methoxy groups -OCH3 is 1. The van der Waals surface area contributed by atoms with Crippen LogP contribution in [-0.2, 0) is 0 Å². The number of benzene rings is 2. The first-order chi connectivity index (χ1) is 10.0. The Kier molecular flexibility index (Phi) is 5.02. The molecule has 0 saturated heterocycles. The van der Waals surface area contributed by atoms with Gasteiger partial charge in [-0.1, -0.05) is 39.7 Å². The second kappa shape index (κ2) is 6.76. The molecule has 1 N–H and O–H groups in total. The average Bonchev–Trinajstić information content (AvgIpc) is 2.47.